The van der Waals surface area contributed by atoms with E-state index >= 15 is 0 Å². The monoisotopic (exact) mass is 326 g/mol. The topological polar surface area (TPSA) is 49.4 Å². The van der Waals surface area contributed by atoms with Crippen LogP contribution >= 0.6 is 11.8 Å². The summed E-state index contributed by atoms with van der Waals surface area (Å²) in [4.78, 5) is 26.8. The Morgan fingerprint density at radius 2 is 1.91 bits per heavy atom. The molecule has 23 heavy (non-hydrogen) atoms. The number of hydrogen-bond acceptors (Lipinski definition) is 3. The van der Waals surface area contributed by atoms with Crippen molar-refractivity contribution >= 4 is 29.3 Å². The Labute approximate surface area is 139 Å². The zero-order valence-electron chi connectivity index (χ0n) is 12.9. The number of thioether (sulfide) groups is 1. The Morgan fingerprint density at radius 3 is 2.65 bits per heavy atom. The molecular formula is C18H18N2O2S. The largest absolute Gasteiger partial charge is 0.324 e. The summed E-state index contributed by atoms with van der Waals surface area (Å²) in [6.07, 6.45) is 0. The highest BCUT2D eigenvalue weighted by Gasteiger charge is 2.35. The van der Waals surface area contributed by atoms with Gasteiger partial charge in [-0.2, -0.15) is 0 Å². The van der Waals surface area contributed by atoms with Crippen LogP contribution in [0.3, 0.4) is 0 Å². The van der Waals surface area contributed by atoms with Crippen LogP contribution in [-0.2, 0) is 4.79 Å². The van der Waals surface area contributed by atoms with Crippen LogP contribution in [0.2, 0.25) is 0 Å². The van der Waals surface area contributed by atoms with Crippen LogP contribution in [0.1, 0.15) is 15.9 Å². The van der Waals surface area contributed by atoms with E-state index in [2.05, 4.69) is 5.32 Å². The molecule has 0 spiro atoms. The number of nitrogens with one attached hydrogen (secondary N) is 1. The Bertz CT molecular complexity index is 718. The predicted octanol–water partition coefficient (Wildman–Crippen LogP) is 3.15. The van der Waals surface area contributed by atoms with E-state index in [1.54, 1.807) is 28.8 Å². The molecule has 0 aliphatic carbocycles. The van der Waals surface area contributed by atoms with E-state index in [0.717, 1.165) is 11.3 Å². The molecule has 0 aromatic heterocycles. The van der Waals surface area contributed by atoms with Crippen LogP contribution in [-0.4, -0.2) is 34.4 Å². The molecule has 0 unspecified atom stereocenters. The Morgan fingerprint density at radius 1 is 1.13 bits per heavy atom. The molecule has 3 rings (SSSR count). The average Bonchev–Trinajstić information content (AvgIpc) is 3.05. The second kappa shape index (κ2) is 6.87. The summed E-state index contributed by atoms with van der Waals surface area (Å²) >= 11 is 1.60. The van der Waals surface area contributed by atoms with Gasteiger partial charge in [-0.15, -0.1) is 11.8 Å². The van der Waals surface area contributed by atoms with E-state index in [1.807, 2.05) is 49.4 Å². The highest BCUT2D eigenvalue weighted by Crippen LogP contribution is 2.24. The van der Waals surface area contributed by atoms with Crippen LogP contribution in [0.4, 0.5) is 5.69 Å². The molecule has 1 N–H and O–H groups in total. The summed E-state index contributed by atoms with van der Waals surface area (Å²) in [5, 5.41) is 2.91. The summed E-state index contributed by atoms with van der Waals surface area (Å²) in [7, 11) is 0. The maximum Gasteiger partial charge on any atom is 0.255 e. The Kier molecular flexibility index (Phi) is 4.67. The van der Waals surface area contributed by atoms with Crippen LogP contribution in [0.5, 0.6) is 0 Å². The third-order valence-electron chi connectivity index (χ3n) is 3.75. The summed E-state index contributed by atoms with van der Waals surface area (Å²) in [5.41, 5.74) is 2.46. The van der Waals surface area contributed by atoms with Crippen LogP contribution in [0, 0.1) is 6.92 Å². The number of anilines is 1. The molecule has 1 aliphatic rings. The van der Waals surface area contributed by atoms with Gasteiger partial charge in [0.25, 0.3) is 5.91 Å². The van der Waals surface area contributed by atoms with Gasteiger partial charge in [0.05, 0.1) is 5.88 Å². The van der Waals surface area contributed by atoms with Gasteiger partial charge < -0.3 is 10.2 Å². The van der Waals surface area contributed by atoms with Crippen molar-refractivity contribution < 1.29 is 9.59 Å². The first kappa shape index (κ1) is 15.6. The number of nitrogens with zero attached hydrogens (tertiary/aromatic N) is 1. The number of carbonyl (C=O) groups is 2. The SMILES string of the molecule is Cc1cccc(NC(=O)[C@H]2CSCN2C(=O)c2ccccc2)c1. The van der Waals surface area contributed by atoms with Crippen molar-refractivity contribution in [2.45, 2.75) is 13.0 Å². The van der Waals surface area contributed by atoms with Gasteiger partial charge in [0.1, 0.15) is 6.04 Å². The molecule has 2 aromatic carbocycles. The van der Waals surface area contributed by atoms with E-state index in [1.165, 1.54) is 0 Å². The maximum atomic E-state index is 12.6. The van der Waals surface area contributed by atoms with E-state index in [-0.39, 0.29) is 11.8 Å². The van der Waals surface area contributed by atoms with Crippen molar-refractivity contribution in [1.82, 2.24) is 4.90 Å². The van der Waals surface area contributed by atoms with E-state index in [0.29, 0.717) is 17.2 Å². The lowest BCUT2D eigenvalue weighted by Crippen LogP contribution is -2.44. The first-order chi connectivity index (χ1) is 11.1. The van der Waals surface area contributed by atoms with E-state index < -0.39 is 6.04 Å². The molecule has 118 valence electrons. The van der Waals surface area contributed by atoms with Crippen molar-refractivity contribution in [3.63, 3.8) is 0 Å². The summed E-state index contributed by atoms with van der Waals surface area (Å²) in [5.74, 6) is 0.931. The van der Waals surface area contributed by atoms with Crippen molar-refractivity contribution in [1.29, 1.82) is 0 Å². The van der Waals surface area contributed by atoms with Crippen molar-refractivity contribution in [2.24, 2.45) is 0 Å². The molecule has 5 heteroatoms. The second-order valence-corrected chi connectivity index (χ2v) is 6.52. The third-order valence-corrected chi connectivity index (χ3v) is 4.76. The van der Waals surface area contributed by atoms with Crippen LogP contribution in [0.15, 0.2) is 54.6 Å². The number of aryl methyl sites for hydroxylation is 1. The fourth-order valence-corrected chi connectivity index (χ4v) is 3.71. The number of benzene rings is 2. The quantitative estimate of drug-likeness (QED) is 0.942. The minimum atomic E-state index is -0.437. The molecule has 1 atom stereocenters. The van der Waals surface area contributed by atoms with Crippen molar-refractivity contribution in [3.8, 4) is 0 Å². The number of carbonyl (C=O) groups excluding carboxylic acids is 2. The summed E-state index contributed by atoms with van der Waals surface area (Å²) in [6.45, 7) is 1.98. The predicted molar refractivity (Wildman–Crippen MR) is 93.5 cm³/mol. The first-order valence-corrected chi connectivity index (χ1v) is 8.62. The molecular weight excluding hydrogens is 308 g/mol. The standard InChI is InChI=1S/C18H18N2O2S/c1-13-6-5-9-15(10-13)19-17(21)16-11-23-12-20(16)18(22)14-7-3-2-4-8-14/h2-10,16H,11-12H2,1H3,(H,19,21)/t16-/m1/s1. The van der Waals surface area contributed by atoms with Gasteiger partial charge in [0.2, 0.25) is 5.91 Å². The molecule has 0 radical (unpaired) electrons. The molecule has 0 bridgehead atoms. The molecule has 1 saturated heterocycles. The lowest BCUT2D eigenvalue weighted by molar-refractivity contribution is -0.119. The van der Waals surface area contributed by atoms with E-state index in [9.17, 15) is 9.59 Å². The molecule has 1 aliphatic heterocycles. The van der Waals surface area contributed by atoms with Gasteiger partial charge in [-0.1, -0.05) is 30.3 Å². The molecule has 2 amide bonds. The van der Waals surface area contributed by atoms with Crippen molar-refractivity contribution in [3.05, 3.63) is 65.7 Å². The molecule has 4 nitrogen and oxygen atoms in total. The highest BCUT2D eigenvalue weighted by atomic mass is 32.2. The van der Waals surface area contributed by atoms with Gasteiger partial charge in [-0.05, 0) is 36.8 Å². The maximum absolute atomic E-state index is 12.6. The fraction of sp³-hybridized carbons (Fsp3) is 0.222. The Balaban J connectivity index is 1.73. The van der Waals surface area contributed by atoms with E-state index in [4.69, 9.17) is 0 Å². The van der Waals surface area contributed by atoms with Gasteiger partial charge in [-0.3, -0.25) is 9.59 Å². The number of rotatable bonds is 3. The normalized spacial score (nSPS) is 17.1. The van der Waals surface area contributed by atoms with Crippen molar-refractivity contribution in [2.75, 3.05) is 16.9 Å². The average molecular weight is 326 g/mol. The zero-order chi connectivity index (χ0) is 16.2. The first-order valence-electron chi connectivity index (χ1n) is 7.46. The third kappa shape index (κ3) is 3.56. The van der Waals surface area contributed by atoms with Gasteiger partial charge in [0.15, 0.2) is 0 Å². The lowest BCUT2D eigenvalue weighted by Gasteiger charge is -2.23. The number of amides is 2. The second-order valence-electron chi connectivity index (χ2n) is 5.52. The zero-order valence-corrected chi connectivity index (χ0v) is 13.7. The fourth-order valence-electron chi connectivity index (χ4n) is 2.55. The minimum Gasteiger partial charge on any atom is -0.324 e. The smallest absolute Gasteiger partial charge is 0.255 e. The minimum absolute atomic E-state index is 0.0972. The van der Waals surface area contributed by atoms with Gasteiger partial charge in [0, 0.05) is 17.0 Å². The van der Waals surface area contributed by atoms with Crippen LogP contribution < -0.4 is 5.32 Å². The number of hydrogen-bond donors (Lipinski definition) is 1. The highest BCUT2D eigenvalue weighted by molar-refractivity contribution is 7.99. The summed E-state index contributed by atoms with van der Waals surface area (Å²) < 4.78 is 0. The van der Waals surface area contributed by atoms with Gasteiger partial charge in [-0.25, -0.2) is 0 Å². The van der Waals surface area contributed by atoms with Crippen LogP contribution in [0.25, 0.3) is 0 Å². The summed E-state index contributed by atoms with van der Waals surface area (Å²) in [6, 6.07) is 16.3. The lowest BCUT2D eigenvalue weighted by atomic mass is 10.1. The van der Waals surface area contributed by atoms with Gasteiger partial charge >= 0.3 is 0 Å². The molecule has 2 aromatic rings. The molecule has 1 heterocycles. The molecule has 0 saturated carbocycles. The molecule has 1 fully saturated rings. The Hall–Kier alpha value is -2.27.